The molecule has 0 amide bonds. The number of hydrogen-bond acceptors (Lipinski definition) is 2. The normalized spacial score (nSPS) is 12.4. The number of carbonyl (C=O) groups excluding carboxylic acids is 1. The molecule has 0 saturated carbocycles. The van der Waals surface area contributed by atoms with E-state index in [1.807, 2.05) is 0 Å². The van der Waals surface area contributed by atoms with E-state index in [0.717, 1.165) is 12.8 Å². The van der Waals surface area contributed by atoms with E-state index >= 15 is 0 Å². The number of hydrogen-bond donors (Lipinski definition) is 0. The Morgan fingerprint density at radius 2 is 1.56 bits per heavy atom. The lowest BCUT2D eigenvalue weighted by Crippen LogP contribution is -2.14. The summed E-state index contributed by atoms with van der Waals surface area (Å²) in [4.78, 5) is 10.8. The van der Waals surface area contributed by atoms with Crippen molar-refractivity contribution in [2.45, 2.75) is 84.7 Å². The van der Waals surface area contributed by atoms with Crippen molar-refractivity contribution < 1.29 is 9.53 Å². The minimum absolute atomic E-state index is 0.144. The molecule has 0 unspecified atom stereocenters. The van der Waals surface area contributed by atoms with Crippen LogP contribution in [0.3, 0.4) is 0 Å². The summed E-state index contributed by atoms with van der Waals surface area (Å²) in [6.45, 7) is 5.81. The number of rotatable bonds is 10. The minimum atomic E-state index is -0.144. The summed E-state index contributed by atoms with van der Waals surface area (Å²) in [5, 5.41) is 0. The lowest BCUT2D eigenvalue weighted by molar-refractivity contribution is -0.146. The van der Waals surface area contributed by atoms with E-state index < -0.39 is 0 Å². The zero-order valence-corrected chi connectivity index (χ0v) is 11.3. The van der Waals surface area contributed by atoms with E-state index in [2.05, 4.69) is 13.8 Å². The predicted molar refractivity (Wildman–Crippen MR) is 68.5 cm³/mol. The van der Waals surface area contributed by atoms with Crippen LogP contribution in [0.2, 0.25) is 0 Å². The van der Waals surface area contributed by atoms with Crippen molar-refractivity contribution in [3.63, 3.8) is 0 Å². The minimum Gasteiger partial charge on any atom is -0.463 e. The first-order valence-corrected chi connectivity index (χ1v) is 6.87. The molecule has 0 aromatic carbocycles. The first-order chi connectivity index (χ1) is 7.70. The molecule has 0 bridgehead atoms. The standard InChI is InChI=1S/C14H28O2/c1-4-6-7-8-9-10-11-12-14(5-2)16-13(3)15/h14H,4-12H2,1-3H3/t14-/m0/s1. The highest BCUT2D eigenvalue weighted by Gasteiger charge is 2.08. The third kappa shape index (κ3) is 10.0. The average molecular weight is 228 g/mol. The van der Waals surface area contributed by atoms with Gasteiger partial charge in [0.1, 0.15) is 6.10 Å². The number of ether oxygens (including phenoxy) is 1. The van der Waals surface area contributed by atoms with Crippen LogP contribution in [0.15, 0.2) is 0 Å². The van der Waals surface area contributed by atoms with E-state index in [1.165, 1.54) is 51.9 Å². The van der Waals surface area contributed by atoms with Crippen LogP contribution < -0.4 is 0 Å². The first kappa shape index (κ1) is 15.5. The Hall–Kier alpha value is -0.530. The first-order valence-electron chi connectivity index (χ1n) is 6.87. The maximum Gasteiger partial charge on any atom is 0.302 e. The van der Waals surface area contributed by atoms with Crippen LogP contribution >= 0.6 is 0 Å². The highest BCUT2D eigenvalue weighted by atomic mass is 16.5. The summed E-state index contributed by atoms with van der Waals surface area (Å²) in [6.07, 6.45) is 11.3. The molecule has 2 nitrogen and oxygen atoms in total. The molecule has 0 aromatic rings. The van der Waals surface area contributed by atoms with E-state index in [4.69, 9.17) is 4.74 Å². The third-order valence-corrected chi connectivity index (χ3v) is 2.92. The summed E-state index contributed by atoms with van der Waals surface area (Å²) >= 11 is 0. The zero-order valence-electron chi connectivity index (χ0n) is 11.3. The Kier molecular flexibility index (Phi) is 10.6. The maximum atomic E-state index is 10.8. The Labute approximate surface area is 101 Å². The molecule has 0 rings (SSSR count). The second-order valence-electron chi connectivity index (χ2n) is 4.55. The Morgan fingerprint density at radius 3 is 2.06 bits per heavy atom. The van der Waals surface area contributed by atoms with Gasteiger partial charge in [-0.3, -0.25) is 4.79 Å². The molecule has 0 aliphatic carbocycles. The lowest BCUT2D eigenvalue weighted by atomic mass is 10.1. The zero-order chi connectivity index (χ0) is 12.2. The van der Waals surface area contributed by atoms with Crippen LogP contribution in [0, 0.1) is 0 Å². The van der Waals surface area contributed by atoms with Gasteiger partial charge in [-0.05, 0) is 19.3 Å². The quantitative estimate of drug-likeness (QED) is 0.407. The van der Waals surface area contributed by atoms with Crippen LogP contribution in [0.1, 0.15) is 78.6 Å². The number of esters is 1. The van der Waals surface area contributed by atoms with Crippen molar-refractivity contribution in [3.8, 4) is 0 Å². The fourth-order valence-corrected chi connectivity index (χ4v) is 1.91. The van der Waals surface area contributed by atoms with Gasteiger partial charge in [0.2, 0.25) is 0 Å². The van der Waals surface area contributed by atoms with Gasteiger partial charge in [-0.15, -0.1) is 0 Å². The summed E-state index contributed by atoms with van der Waals surface area (Å²) < 4.78 is 5.21. The van der Waals surface area contributed by atoms with E-state index in [-0.39, 0.29) is 12.1 Å². The molecule has 0 aliphatic rings. The molecule has 0 radical (unpaired) electrons. The highest BCUT2D eigenvalue weighted by molar-refractivity contribution is 5.66. The molecule has 0 saturated heterocycles. The smallest absolute Gasteiger partial charge is 0.302 e. The second kappa shape index (κ2) is 11.0. The summed E-state index contributed by atoms with van der Waals surface area (Å²) in [5.74, 6) is -0.144. The summed E-state index contributed by atoms with van der Waals surface area (Å²) in [6, 6.07) is 0. The molecule has 0 N–H and O–H groups in total. The molecule has 2 heteroatoms. The van der Waals surface area contributed by atoms with Crippen LogP contribution in [0.25, 0.3) is 0 Å². The van der Waals surface area contributed by atoms with E-state index in [9.17, 15) is 4.79 Å². The van der Waals surface area contributed by atoms with Gasteiger partial charge < -0.3 is 4.74 Å². The van der Waals surface area contributed by atoms with E-state index in [1.54, 1.807) is 0 Å². The van der Waals surface area contributed by atoms with Crippen LogP contribution in [0.5, 0.6) is 0 Å². The molecule has 1 atom stereocenters. The molecular formula is C14H28O2. The van der Waals surface area contributed by atoms with Crippen molar-refractivity contribution >= 4 is 5.97 Å². The molecule has 96 valence electrons. The topological polar surface area (TPSA) is 26.3 Å². The number of carbonyl (C=O) groups is 1. The molecule has 0 fully saturated rings. The Bertz CT molecular complexity index is 166. The van der Waals surface area contributed by atoms with Crippen LogP contribution in [0.4, 0.5) is 0 Å². The summed E-state index contributed by atoms with van der Waals surface area (Å²) in [5.41, 5.74) is 0. The van der Waals surface area contributed by atoms with Gasteiger partial charge in [-0.1, -0.05) is 52.4 Å². The molecule has 16 heavy (non-hydrogen) atoms. The van der Waals surface area contributed by atoms with Crippen molar-refractivity contribution in [2.75, 3.05) is 0 Å². The van der Waals surface area contributed by atoms with Crippen molar-refractivity contribution in [2.24, 2.45) is 0 Å². The van der Waals surface area contributed by atoms with Crippen LogP contribution in [-0.4, -0.2) is 12.1 Å². The highest BCUT2D eigenvalue weighted by Crippen LogP contribution is 2.13. The maximum absolute atomic E-state index is 10.8. The second-order valence-corrected chi connectivity index (χ2v) is 4.55. The van der Waals surface area contributed by atoms with Crippen molar-refractivity contribution in [1.82, 2.24) is 0 Å². The molecular weight excluding hydrogens is 200 g/mol. The van der Waals surface area contributed by atoms with Crippen molar-refractivity contribution in [3.05, 3.63) is 0 Å². The number of unbranched alkanes of at least 4 members (excludes halogenated alkanes) is 6. The SMILES string of the molecule is CCCCCCCCC[C@H](CC)OC(C)=O. The van der Waals surface area contributed by atoms with Gasteiger partial charge in [-0.25, -0.2) is 0 Å². The van der Waals surface area contributed by atoms with Crippen molar-refractivity contribution in [1.29, 1.82) is 0 Å². The molecule has 0 spiro atoms. The monoisotopic (exact) mass is 228 g/mol. The fraction of sp³-hybridized carbons (Fsp3) is 0.929. The van der Waals surface area contributed by atoms with Gasteiger partial charge in [0.05, 0.1) is 0 Å². The largest absolute Gasteiger partial charge is 0.463 e. The fourth-order valence-electron chi connectivity index (χ4n) is 1.91. The van der Waals surface area contributed by atoms with Gasteiger partial charge in [0, 0.05) is 6.92 Å². The van der Waals surface area contributed by atoms with E-state index in [0.29, 0.717) is 0 Å². The Balaban J connectivity index is 3.31. The third-order valence-electron chi connectivity index (χ3n) is 2.92. The van der Waals surface area contributed by atoms with Gasteiger partial charge in [0.15, 0.2) is 0 Å². The molecule has 0 aromatic heterocycles. The van der Waals surface area contributed by atoms with Gasteiger partial charge in [0.25, 0.3) is 0 Å². The van der Waals surface area contributed by atoms with Gasteiger partial charge in [-0.2, -0.15) is 0 Å². The predicted octanol–water partition coefficient (Wildman–Crippen LogP) is 4.47. The van der Waals surface area contributed by atoms with Crippen LogP contribution in [-0.2, 0) is 9.53 Å². The molecule has 0 heterocycles. The average Bonchev–Trinajstić information content (AvgIpc) is 2.25. The molecule has 0 aliphatic heterocycles. The lowest BCUT2D eigenvalue weighted by Gasteiger charge is -2.14. The van der Waals surface area contributed by atoms with Gasteiger partial charge >= 0.3 is 5.97 Å². The Morgan fingerprint density at radius 1 is 1.00 bits per heavy atom. The summed E-state index contributed by atoms with van der Waals surface area (Å²) in [7, 11) is 0.